The number of nitrogens with zero attached hydrogens (tertiary/aromatic N) is 1. The van der Waals surface area contributed by atoms with Gasteiger partial charge in [-0.3, -0.25) is 4.79 Å². The number of oxime groups is 1. The molecule has 0 saturated heterocycles. The number of rotatable bonds is 3. The molecule has 0 heterocycles. The van der Waals surface area contributed by atoms with Crippen LogP contribution in [0.2, 0.25) is 0 Å². The predicted octanol–water partition coefficient (Wildman–Crippen LogP) is 2.48. The third-order valence-corrected chi connectivity index (χ3v) is 2.99. The summed E-state index contributed by atoms with van der Waals surface area (Å²) in [7, 11) is 0. The van der Waals surface area contributed by atoms with Crippen LogP contribution in [0.4, 0.5) is 10.1 Å². The van der Waals surface area contributed by atoms with Gasteiger partial charge in [-0.1, -0.05) is 17.3 Å². The second-order valence-corrected chi connectivity index (χ2v) is 4.48. The van der Waals surface area contributed by atoms with Crippen LogP contribution in [-0.2, 0) is 0 Å². The fourth-order valence-electron chi connectivity index (χ4n) is 1.81. The molecule has 0 aliphatic heterocycles. The number of nitrogens with one attached hydrogen (secondary N) is 1. The average molecular weight is 287 g/mol. The Bertz CT molecular complexity index is 697. The lowest BCUT2D eigenvalue weighted by Crippen LogP contribution is -2.15. The van der Waals surface area contributed by atoms with Crippen LogP contribution in [0.25, 0.3) is 0 Å². The molecule has 0 aromatic heterocycles. The van der Waals surface area contributed by atoms with Gasteiger partial charge in [0.2, 0.25) is 0 Å². The summed E-state index contributed by atoms with van der Waals surface area (Å²) >= 11 is 0. The number of amidine groups is 1. The Morgan fingerprint density at radius 1 is 1.19 bits per heavy atom. The average Bonchev–Trinajstić information content (AvgIpc) is 2.49. The number of halogens is 1. The normalized spacial score (nSPS) is 11.2. The minimum absolute atomic E-state index is 0.0312. The van der Waals surface area contributed by atoms with E-state index >= 15 is 0 Å². The highest BCUT2D eigenvalue weighted by Gasteiger charge is 2.09. The van der Waals surface area contributed by atoms with E-state index in [1.165, 1.54) is 18.2 Å². The quantitative estimate of drug-likeness (QED) is 0.351. The van der Waals surface area contributed by atoms with Crippen LogP contribution in [0.5, 0.6) is 0 Å². The number of hydrogen-bond acceptors (Lipinski definition) is 3. The lowest BCUT2D eigenvalue weighted by molar-refractivity contribution is 0.102. The first-order chi connectivity index (χ1) is 10.0. The number of benzene rings is 2. The lowest BCUT2D eigenvalue weighted by Gasteiger charge is -2.08. The van der Waals surface area contributed by atoms with Crippen molar-refractivity contribution in [1.29, 1.82) is 0 Å². The molecule has 5 nitrogen and oxygen atoms in total. The summed E-state index contributed by atoms with van der Waals surface area (Å²) in [5, 5.41) is 14.1. The Kier molecular flexibility index (Phi) is 4.18. The van der Waals surface area contributed by atoms with Crippen LogP contribution in [0.15, 0.2) is 47.6 Å². The van der Waals surface area contributed by atoms with Crippen molar-refractivity contribution in [2.75, 3.05) is 5.32 Å². The standard InChI is InChI=1S/C15H14FN3O2/c1-9-8-12(16)6-7-13(9)18-15(20)11-4-2-10(3-5-11)14(17)19-21/h2-8,21H,1H3,(H2,17,19)(H,18,20). The number of carbonyl (C=O) groups excluding carboxylic acids is 1. The first-order valence-corrected chi connectivity index (χ1v) is 6.16. The molecular formula is C15H14FN3O2. The van der Waals surface area contributed by atoms with E-state index in [1.807, 2.05) is 0 Å². The minimum Gasteiger partial charge on any atom is -0.409 e. The highest BCUT2D eigenvalue weighted by molar-refractivity contribution is 6.05. The van der Waals surface area contributed by atoms with Crippen molar-refractivity contribution in [1.82, 2.24) is 0 Å². The Morgan fingerprint density at radius 2 is 1.81 bits per heavy atom. The molecule has 0 bridgehead atoms. The van der Waals surface area contributed by atoms with E-state index in [0.29, 0.717) is 22.4 Å². The summed E-state index contributed by atoms with van der Waals surface area (Å²) < 4.78 is 13.0. The van der Waals surface area contributed by atoms with Gasteiger partial charge in [0.15, 0.2) is 5.84 Å². The van der Waals surface area contributed by atoms with Crippen LogP contribution < -0.4 is 11.1 Å². The van der Waals surface area contributed by atoms with Gasteiger partial charge in [-0.25, -0.2) is 4.39 Å². The molecular weight excluding hydrogens is 273 g/mol. The summed E-state index contributed by atoms with van der Waals surface area (Å²) in [5.41, 5.74) is 7.54. The van der Waals surface area contributed by atoms with E-state index in [1.54, 1.807) is 31.2 Å². The van der Waals surface area contributed by atoms with Crippen molar-refractivity contribution in [3.05, 3.63) is 65.0 Å². The summed E-state index contributed by atoms with van der Waals surface area (Å²) in [6.07, 6.45) is 0. The number of carbonyl (C=O) groups is 1. The summed E-state index contributed by atoms with van der Waals surface area (Å²) in [5.74, 6) is -0.708. The van der Waals surface area contributed by atoms with E-state index in [-0.39, 0.29) is 17.6 Å². The number of anilines is 1. The Morgan fingerprint density at radius 3 is 2.38 bits per heavy atom. The van der Waals surface area contributed by atoms with Gasteiger partial charge in [0.05, 0.1) is 0 Å². The van der Waals surface area contributed by atoms with Crippen molar-refractivity contribution in [3.63, 3.8) is 0 Å². The Labute approximate surface area is 120 Å². The highest BCUT2D eigenvalue weighted by Crippen LogP contribution is 2.17. The maximum absolute atomic E-state index is 13.0. The third kappa shape index (κ3) is 3.36. The van der Waals surface area contributed by atoms with Gasteiger partial charge in [0, 0.05) is 16.8 Å². The fraction of sp³-hybridized carbons (Fsp3) is 0.0667. The van der Waals surface area contributed by atoms with Gasteiger partial charge in [0.25, 0.3) is 5.91 Å². The predicted molar refractivity (Wildman–Crippen MR) is 78.0 cm³/mol. The first kappa shape index (κ1) is 14.5. The largest absolute Gasteiger partial charge is 0.409 e. The lowest BCUT2D eigenvalue weighted by atomic mass is 10.1. The summed E-state index contributed by atoms with van der Waals surface area (Å²) in [4.78, 5) is 12.1. The van der Waals surface area contributed by atoms with Crippen molar-refractivity contribution in [2.45, 2.75) is 6.92 Å². The highest BCUT2D eigenvalue weighted by atomic mass is 19.1. The molecule has 0 saturated carbocycles. The molecule has 4 N–H and O–H groups in total. The maximum atomic E-state index is 13.0. The first-order valence-electron chi connectivity index (χ1n) is 6.16. The topological polar surface area (TPSA) is 87.7 Å². The zero-order valence-electron chi connectivity index (χ0n) is 11.3. The van der Waals surface area contributed by atoms with Gasteiger partial charge in [0.1, 0.15) is 5.82 Å². The zero-order chi connectivity index (χ0) is 15.4. The van der Waals surface area contributed by atoms with Crippen LogP contribution in [-0.4, -0.2) is 17.0 Å². The SMILES string of the molecule is Cc1cc(F)ccc1NC(=O)c1ccc(/C(N)=N/O)cc1. The molecule has 0 fully saturated rings. The molecule has 6 heteroatoms. The van der Waals surface area contributed by atoms with Crippen molar-refractivity contribution in [3.8, 4) is 0 Å². The molecule has 2 aromatic carbocycles. The van der Waals surface area contributed by atoms with E-state index in [9.17, 15) is 9.18 Å². The van der Waals surface area contributed by atoms with Crippen LogP contribution in [0.1, 0.15) is 21.5 Å². The second-order valence-electron chi connectivity index (χ2n) is 4.48. The Balaban J connectivity index is 2.17. The summed E-state index contributed by atoms with van der Waals surface area (Å²) in [6, 6.07) is 10.4. The summed E-state index contributed by atoms with van der Waals surface area (Å²) in [6.45, 7) is 1.71. The molecule has 2 rings (SSSR count). The van der Waals surface area contributed by atoms with Crippen molar-refractivity contribution >= 4 is 17.4 Å². The minimum atomic E-state index is -0.353. The molecule has 0 atom stereocenters. The van der Waals surface area contributed by atoms with Gasteiger partial charge in [-0.2, -0.15) is 0 Å². The van der Waals surface area contributed by atoms with Crippen molar-refractivity contribution < 1.29 is 14.4 Å². The molecule has 1 amide bonds. The number of amides is 1. The Hall–Kier alpha value is -2.89. The fourth-order valence-corrected chi connectivity index (χ4v) is 1.81. The number of nitrogens with two attached hydrogens (primary N) is 1. The van der Waals surface area contributed by atoms with E-state index in [0.717, 1.165) is 0 Å². The maximum Gasteiger partial charge on any atom is 0.255 e. The molecule has 108 valence electrons. The van der Waals surface area contributed by atoms with Gasteiger partial charge in [-0.05, 0) is 42.8 Å². The zero-order valence-corrected chi connectivity index (χ0v) is 11.3. The molecule has 0 unspecified atom stereocenters. The van der Waals surface area contributed by atoms with E-state index in [4.69, 9.17) is 10.9 Å². The number of hydrogen-bond donors (Lipinski definition) is 3. The van der Waals surface area contributed by atoms with Crippen LogP contribution >= 0.6 is 0 Å². The number of aryl methyl sites for hydroxylation is 1. The molecule has 0 aliphatic carbocycles. The third-order valence-electron chi connectivity index (χ3n) is 2.99. The molecule has 2 aromatic rings. The van der Waals surface area contributed by atoms with E-state index in [2.05, 4.69) is 10.5 Å². The van der Waals surface area contributed by atoms with Crippen LogP contribution in [0, 0.1) is 12.7 Å². The van der Waals surface area contributed by atoms with Gasteiger partial charge >= 0.3 is 0 Å². The monoisotopic (exact) mass is 287 g/mol. The second kappa shape index (κ2) is 6.04. The van der Waals surface area contributed by atoms with Gasteiger partial charge < -0.3 is 16.3 Å². The molecule has 0 aliphatic rings. The molecule has 21 heavy (non-hydrogen) atoms. The van der Waals surface area contributed by atoms with Gasteiger partial charge in [-0.15, -0.1) is 0 Å². The van der Waals surface area contributed by atoms with E-state index < -0.39 is 0 Å². The van der Waals surface area contributed by atoms with Crippen molar-refractivity contribution in [2.24, 2.45) is 10.9 Å². The smallest absolute Gasteiger partial charge is 0.255 e. The molecule has 0 spiro atoms. The molecule has 0 radical (unpaired) electrons. The van der Waals surface area contributed by atoms with Crippen LogP contribution in [0.3, 0.4) is 0 Å².